The first-order valence-electron chi connectivity index (χ1n) is 11.2. The van der Waals surface area contributed by atoms with Crippen LogP contribution in [-0.4, -0.2) is 41.9 Å². The molecule has 4 rings (SSSR count). The van der Waals surface area contributed by atoms with Gasteiger partial charge in [0, 0.05) is 38.3 Å². The van der Waals surface area contributed by atoms with Crippen molar-refractivity contribution in [2.24, 2.45) is 0 Å². The third-order valence-corrected chi connectivity index (χ3v) is 7.01. The zero-order valence-corrected chi connectivity index (χ0v) is 20.3. The second-order valence-electron chi connectivity index (χ2n) is 8.89. The number of piperazine rings is 1. The molecule has 0 atom stereocenters. The summed E-state index contributed by atoms with van der Waals surface area (Å²) in [6, 6.07) is 15.0. The molecule has 0 bridgehead atoms. The van der Waals surface area contributed by atoms with Crippen molar-refractivity contribution in [1.29, 1.82) is 0 Å². The minimum absolute atomic E-state index is 0.138. The van der Waals surface area contributed by atoms with Crippen molar-refractivity contribution in [3.63, 3.8) is 0 Å². The van der Waals surface area contributed by atoms with Gasteiger partial charge in [0.25, 0.3) is 5.91 Å². The minimum atomic E-state index is 0.138. The zero-order valence-electron chi connectivity index (χ0n) is 19.5. The Morgan fingerprint density at radius 1 is 0.875 bits per heavy atom. The summed E-state index contributed by atoms with van der Waals surface area (Å²) in [5.74, 6) is 1.08. The van der Waals surface area contributed by atoms with Gasteiger partial charge in [0.2, 0.25) is 0 Å². The molecule has 5 heteroatoms. The van der Waals surface area contributed by atoms with Crippen molar-refractivity contribution >= 4 is 17.2 Å². The van der Waals surface area contributed by atoms with Crippen molar-refractivity contribution in [2.45, 2.75) is 40.8 Å². The molecule has 32 heavy (non-hydrogen) atoms. The highest BCUT2D eigenvalue weighted by Gasteiger charge is 2.23. The molecule has 168 valence electrons. The van der Waals surface area contributed by atoms with Crippen molar-refractivity contribution in [1.82, 2.24) is 9.80 Å². The molecule has 1 fully saturated rings. The van der Waals surface area contributed by atoms with Crippen LogP contribution in [0.4, 0.5) is 0 Å². The number of hydrogen-bond donors (Lipinski definition) is 0. The molecule has 1 aliphatic rings. The monoisotopic (exact) mass is 448 g/mol. The standard InChI is InChI=1S/C27H32N2O2S/c1-19-5-7-23(8-6-19)16-28-9-11-29(12-10-28)27(30)25-15-24(18-32-25)17-31-26-21(3)13-20(2)14-22(26)4/h5-8,13-15,18H,9-12,16-17H2,1-4H3. The van der Waals surface area contributed by atoms with E-state index in [-0.39, 0.29) is 5.91 Å². The zero-order chi connectivity index (χ0) is 22.7. The lowest BCUT2D eigenvalue weighted by atomic mass is 10.1. The average molecular weight is 449 g/mol. The maximum absolute atomic E-state index is 13.0. The number of thiophene rings is 1. The van der Waals surface area contributed by atoms with Crippen LogP contribution in [0.5, 0.6) is 5.75 Å². The third-order valence-electron chi connectivity index (χ3n) is 6.04. The molecule has 0 saturated carbocycles. The van der Waals surface area contributed by atoms with Gasteiger partial charge in [-0.2, -0.15) is 0 Å². The fourth-order valence-electron chi connectivity index (χ4n) is 4.33. The van der Waals surface area contributed by atoms with Crippen molar-refractivity contribution in [2.75, 3.05) is 26.2 Å². The first-order chi connectivity index (χ1) is 15.4. The molecule has 1 saturated heterocycles. The Morgan fingerprint density at radius 3 is 2.19 bits per heavy atom. The van der Waals surface area contributed by atoms with E-state index in [4.69, 9.17) is 4.74 Å². The van der Waals surface area contributed by atoms with Crippen LogP contribution in [0, 0.1) is 27.7 Å². The fraction of sp³-hybridized carbons (Fsp3) is 0.370. The Bertz CT molecular complexity index is 1060. The van der Waals surface area contributed by atoms with E-state index in [1.807, 2.05) is 16.3 Å². The Balaban J connectivity index is 1.30. The molecule has 0 unspecified atom stereocenters. The number of rotatable bonds is 6. The maximum Gasteiger partial charge on any atom is 0.264 e. The first-order valence-corrected chi connectivity index (χ1v) is 12.1. The van der Waals surface area contributed by atoms with Gasteiger partial charge in [-0.3, -0.25) is 9.69 Å². The Labute approximate surface area is 195 Å². The van der Waals surface area contributed by atoms with Gasteiger partial charge < -0.3 is 9.64 Å². The fourth-order valence-corrected chi connectivity index (χ4v) is 5.19. The lowest BCUT2D eigenvalue weighted by molar-refractivity contribution is 0.0633. The number of ether oxygens (including phenoxy) is 1. The summed E-state index contributed by atoms with van der Waals surface area (Å²) in [5.41, 5.74) is 7.21. The summed E-state index contributed by atoms with van der Waals surface area (Å²) in [4.78, 5) is 18.2. The average Bonchev–Trinajstić information content (AvgIpc) is 3.24. The van der Waals surface area contributed by atoms with Crippen LogP contribution >= 0.6 is 11.3 Å². The van der Waals surface area contributed by atoms with Crippen LogP contribution < -0.4 is 4.74 Å². The van der Waals surface area contributed by atoms with Gasteiger partial charge in [-0.15, -0.1) is 11.3 Å². The SMILES string of the molecule is Cc1ccc(CN2CCN(C(=O)c3cc(COc4c(C)cc(C)cc4C)cs3)CC2)cc1. The summed E-state index contributed by atoms with van der Waals surface area (Å²) in [7, 11) is 0. The van der Waals surface area contributed by atoms with Gasteiger partial charge in [-0.25, -0.2) is 0 Å². The Kier molecular flexibility index (Phi) is 6.97. The lowest BCUT2D eigenvalue weighted by Gasteiger charge is -2.34. The van der Waals surface area contributed by atoms with Crippen molar-refractivity contribution in [3.8, 4) is 5.75 Å². The molecular weight excluding hydrogens is 416 g/mol. The predicted molar refractivity (Wildman–Crippen MR) is 132 cm³/mol. The quantitative estimate of drug-likeness (QED) is 0.498. The highest BCUT2D eigenvalue weighted by atomic mass is 32.1. The molecule has 0 N–H and O–H groups in total. The van der Waals surface area contributed by atoms with E-state index in [0.717, 1.165) is 60.0 Å². The number of carbonyl (C=O) groups excluding carboxylic acids is 1. The van der Waals surface area contributed by atoms with Crippen molar-refractivity contribution < 1.29 is 9.53 Å². The number of hydrogen-bond acceptors (Lipinski definition) is 4. The number of amides is 1. The molecule has 0 radical (unpaired) electrons. The summed E-state index contributed by atoms with van der Waals surface area (Å²) in [6.07, 6.45) is 0. The van der Waals surface area contributed by atoms with E-state index in [0.29, 0.717) is 6.61 Å². The van der Waals surface area contributed by atoms with Crippen LogP contribution in [-0.2, 0) is 13.2 Å². The smallest absolute Gasteiger partial charge is 0.264 e. The normalized spacial score (nSPS) is 14.6. The van der Waals surface area contributed by atoms with E-state index in [9.17, 15) is 4.79 Å². The van der Waals surface area contributed by atoms with Crippen LogP contribution in [0.15, 0.2) is 47.8 Å². The van der Waals surface area contributed by atoms with E-state index < -0.39 is 0 Å². The Morgan fingerprint density at radius 2 is 1.53 bits per heavy atom. The lowest BCUT2D eigenvalue weighted by Crippen LogP contribution is -2.48. The van der Waals surface area contributed by atoms with Gasteiger partial charge >= 0.3 is 0 Å². The molecule has 4 nitrogen and oxygen atoms in total. The van der Waals surface area contributed by atoms with Gasteiger partial charge in [-0.05, 0) is 55.8 Å². The summed E-state index contributed by atoms with van der Waals surface area (Å²) < 4.78 is 6.10. The number of benzene rings is 2. The first kappa shape index (κ1) is 22.6. The molecule has 3 aromatic rings. The van der Waals surface area contributed by atoms with Crippen molar-refractivity contribution in [3.05, 3.63) is 86.1 Å². The van der Waals surface area contributed by atoms with Gasteiger partial charge in [0.1, 0.15) is 12.4 Å². The molecule has 2 heterocycles. The van der Waals surface area contributed by atoms with E-state index in [2.05, 4.69) is 69.0 Å². The molecule has 1 aromatic heterocycles. The number of nitrogens with zero attached hydrogens (tertiary/aromatic N) is 2. The van der Waals surface area contributed by atoms with Gasteiger partial charge in [0.15, 0.2) is 0 Å². The molecule has 0 aliphatic carbocycles. The van der Waals surface area contributed by atoms with Crippen LogP contribution in [0.1, 0.15) is 43.1 Å². The van der Waals surface area contributed by atoms with E-state index in [1.54, 1.807) is 0 Å². The summed E-state index contributed by atoms with van der Waals surface area (Å²) in [6.45, 7) is 13.2. The van der Waals surface area contributed by atoms with Crippen LogP contribution in [0.3, 0.4) is 0 Å². The van der Waals surface area contributed by atoms with Gasteiger partial charge in [-0.1, -0.05) is 47.5 Å². The number of aryl methyl sites for hydroxylation is 4. The molecule has 1 amide bonds. The van der Waals surface area contributed by atoms with Gasteiger partial charge in [0.05, 0.1) is 4.88 Å². The second kappa shape index (κ2) is 9.88. The highest BCUT2D eigenvalue weighted by Crippen LogP contribution is 2.26. The highest BCUT2D eigenvalue weighted by molar-refractivity contribution is 7.12. The molecular formula is C27H32N2O2S. The topological polar surface area (TPSA) is 32.8 Å². The minimum Gasteiger partial charge on any atom is -0.488 e. The number of carbonyl (C=O) groups is 1. The molecule has 2 aromatic carbocycles. The largest absolute Gasteiger partial charge is 0.488 e. The van der Waals surface area contributed by atoms with E-state index in [1.165, 1.54) is 28.0 Å². The van der Waals surface area contributed by atoms with Crippen LogP contribution in [0.2, 0.25) is 0 Å². The maximum atomic E-state index is 13.0. The second-order valence-corrected chi connectivity index (χ2v) is 9.80. The molecule has 0 spiro atoms. The predicted octanol–water partition coefficient (Wildman–Crippen LogP) is 5.52. The Hall–Kier alpha value is -2.63. The summed E-state index contributed by atoms with van der Waals surface area (Å²) >= 11 is 1.52. The third kappa shape index (κ3) is 5.40. The van der Waals surface area contributed by atoms with Crippen LogP contribution in [0.25, 0.3) is 0 Å². The van der Waals surface area contributed by atoms with E-state index >= 15 is 0 Å². The summed E-state index contributed by atoms with van der Waals surface area (Å²) in [5, 5.41) is 2.04. The molecule has 1 aliphatic heterocycles.